The Balaban J connectivity index is 0.00000312. The monoisotopic (exact) mass is 482 g/mol. The van der Waals surface area contributed by atoms with Crippen molar-refractivity contribution in [2.45, 2.75) is 38.7 Å². The number of aromatic nitrogens is 1. The molecule has 0 radical (unpaired) electrons. The third-order valence-electron chi connectivity index (χ3n) is 4.13. The fourth-order valence-electron chi connectivity index (χ4n) is 2.85. The van der Waals surface area contributed by atoms with Crippen molar-refractivity contribution in [3.8, 4) is 0 Å². The average Bonchev–Trinajstić information content (AvgIpc) is 3.02. The number of rotatable bonds is 8. The van der Waals surface area contributed by atoms with Crippen LogP contribution in [0, 0.1) is 6.92 Å². The molecule has 0 spiro atoms. The Kier molecular flexibility index (Phi) is 11.6. The molecule has 0 amide bonds. The van der Waals surface area contributed by atoms with E-state index in [1.165, 1.54) is 0 Å². The highest BCUT2D eigenvalue weighted by Crippen LogP contribution is 2.14. The lowest BCUT2D eigenvalue weighted by atomic mass is 10.1. The van der Waals surface area contributed by atoms with Gasteiger partial charge in [0.2, 0.25) is 0 Å². The molecule has 1 aliphatic rings. The molecule has 6 nitrogen and oxygen atoms in total. The number of methoxy groups -OCH3 is 1. The van der Waals surface area contributed by atoms with Crippen LogP contribution in [0.4, 0.5) is 0 Å². The Hall–Kier alpha value is -0.450. The van der Waals surface area contributed by atoms with Crippen LogP contribution >= 0.6 is 35.3 Å². The van der Waals surface area contributed by atoms with Crippen molar-refractivity contribution in [2.24, 2.45) is 4.99 Å². The number of aliphatic imine (C=N–C) groups is 1. The number of hydrogen-bond donors (Lipinski definition) is 1. The molecule has 0 saturated carbocycles. The Morgan fingerprint density at radius 1 is 1.40 bits per heavy atom. The maximum Gasteiger partial charge on any atom is 0.193 e. The highest BCUT2D eigenvalue weighted by Gasteiger charge is 2.21. The van der Waals surface area contributed by atoms with Crippen molar-refractivity contribution >= 4 is 41.3 Å². The van der Waals surface area contributed by atoms with Gasteiger partial charge in [-0.3, -0.25) is 4.99 Å². The number of halogens is 1. The fourth-order valence-corrected chi connectivity index (χ4v) is 3.49. The van der Waals surface area contributed by atoms with E-state index < -0.39 is 0 Å². The molecule has 25 heavy (non-hydrogen) atoms. The third-order valence-corrected chi connectivity index (χ3v) is 4.95. The number of ether oxygens (including phenoxy) is 2. The van der Waals surface area contributed by atoms with Gasteiger partial charge in [0.05, 0.1) is 16.8 Å². The molecule has 1 N–H and O–H groups in total. The van der Waals surface area contributed by atoms with Crippen molar-refractivity contribution in [1.29, 1.82) is 0 Å². The van der Waals surface area contributed by atoms with Gasteiger partial charge in [-0.05, 0) is 26.2 Å². The SMILES string of the molecule is CN=C(NCCc1csc(C)n1)N1CCC(OCCCOC)CC1.I. The van der Waals surface area contributed by atoms with Gasteiger partial charge in [-0.25, -0.2) is 4.98 Å². The van der Waals surface area contributed by atoms with Gasteiger partial charge in [-0.1, -0.05) is 0 Å². The maximum absolute atomic E-state index is 5.91. The van der Waals surface area contributed by atoms with E-state index >= 15 is 0 Å². The first-order chi connectivity index (χ1) is 11.7. The van der Waals surface area contributed by atoms with Gasteiger partial charge in [-0.15, -0.1) is 35.3 Å². The van der Waals surface area contributed by atoms with Crippen molar-refractivity contribution < 1.29 is 9.47 Å². The number of nitrogens with zero attached hydrogens (tertiary/aromatic N) is 3. The molecule has 1 saturated heterocycles. The molecule has 8 heteroatoms. The minimum Gasteiger partial charge on any atom is -0.385 e. The van der Waals surface area contributed by atoms with Gasteiger partial charge in [-0.2, -0.15) is 0 Å². The number of nitrogens with one attached hydrogen (secondary N) is 1. The lowest BCUT2D eigenvalue weighted by Gasteiger charge is -2.34. The van der Waals surface area contributed by atoms with Crippen LogP contribution < -0.4 is 5.32 Å². The minimum atomic E-state index is 0. The molecule has 0 aromatic carbocycles. The van der Waals surface area contributed by atoms with Crippen LogP contribution in [0.1, 0.15) is 30.0 Å². The Labute approximate surface area is 172 Å². The minimum absolute atomic E-state index is 0. The molecule has 0 atom stereocenters. The molecule has 2 rings (SSSR count). The van der Waals surface area contributed by atoms with Crippen LogP contribution in [-0.2, 0) is 15.9 Å². The summed E-state index contributed by atoms with van der Waals surface area (Å²) in [7, 11) is 3.58. The molecule has 1 aromatic rings. The van der Waals surface area contributed by atoms with Crippen LogP contribution in [0.2, 0.25) is 0 Å². The first-order valence-electron chi connectivity index (χ1n) is 8.70. The molecule has 2 heterocycles. The van der Waals surface area contributed by atoms with Crippen LogP contribution in [0.25, 0.3) is 0 Å². The summed E-state index contributed by atoms with van der Waals surface area (Å²) in [5.41, 5.74) is 1.16. The van der Waals surface area contributed by atoms with E-state index in [2.05, 4.69) is 25.6 Å². The number of likely N-dealkylation sites (tertiary alicyclic amines) is 1. The average molecular weight is 482 g/mol. The summed E-state index contributed by atoms with van der Waals surface area (Å²) >= 11 is 1.71. The van der Waals surface area contributed by atoms with Crippen LogP contribution in [0.15, 0.2) is 10.4 Å². The van der Waals surface area contributed by atoms with Gasteiger partial charge in [0.15, 0.2) is 5.96 Å². The van der Waals surface area contributed by atoms with E-state index in [-0.39, 0.29) is 24.0 Å². The number of guanidine groups is 1. The molecule has 0 unspecified atom stereocenters. The van der Waals surface area contributed by atoms with E-state index in [9.17, 15) is 0 Å². The lowest BCUT2D eigenvalue weighted by Crippen LogP contribution is -2.47. The van der Waals surface area contributed by atoms with Gasteiger partial charge >= 0.3 is 0 Å². The number of hydrogen-bond acceptors (Lipinski definition) is 5. The standard InChI is InChI=1S/C17H30N4O2S.HI/c1-14-20-15(13-24-14)5-8-19-17(18-2)21-9-6-16(7-10-21)23-12-4-11-22-3;/h13,16H,4-12H2,1-3H3,(H,18,19);1H. The predicted molar refractivity (Wildman–Crippen MR) is 114 cm³/mol. The highest BCUT2D eigenvalue weighted by atomic mass is 127. The van der Waals surface area contributed by atoms with Crippen LogP contribution in [0.3, 0.4) is 0 Å². The molecule has 144 valence electrons. The summed E-state index contributed by atoms with van der Waals surface area (Å²) < 4.78 is 11.0. The van der Waals surface area contributed by atoms with Gasteiger partial charge in [0.25, 0.3) is 0 Å². The van der Waals surface area contributed by atoms with E-state index in [1.54, 1.807) is 18.4 Å². The Morgan fingerprint density at radius 2 is 2.16 bits per heavy atom. The molecule has 1 aliphatic heterocycles. The van der Waals surface area contributed by atoms with Crippen molar-refractivity contribution in [1.82, 2.24) is 15.2 Å². The van der Waals surface area contributed by atoms with E-state index in [1.807, 2.05) is 14.0 Å². The number of piperidine rings is 1. The Morgan fingerprint density at radius 3 is 2.76 bits per heavy atom. The Bertz CT molecular complexity index is 505. The molecular weight excluding hydrogens is 451 g/mol. The molecular formula is C17H31IN4O2S. The molecule has 0 bridgehead atoms. The molecule has 1 aromatic heterocycles. The summed E-state index contributed by atoms with van der Waals surface area (Å²) in [5, 5.41) is 6.71. The van der Waals surface area contributed by atoms with Crippen molar-refractivity contribution in [3.63, 3.8) is 0 Å². The number of aryl methyl sites for hydroxylation is 1. The van der Waals surface area contributed by atoms with E-state index in [0.717, 1.165) is 75.2 Å². The van der Waals surface area contributed by atoms with Gasteiger partial charge < -0.3 is 19.7 Å². The molecule has 1 fully saturated rings. The topological polar surface area (TPSA) is 59.0 Å². The largest absolute Gasteiger partial charge is 0.385 e. The summed E-state index contributed by atoms with van der Waals surface area (Å²) in [5.74, 6) is 0.986. The highest BCUT2D eigenvalue weighted by molar-refractivity contribution is 14.0. The fraction of sp³-hybridized carbons (Fsp3) is 0.765. The number of thiazole rings is 1. The van der Waals surface area contributed by atoms with Crippen LogP contribution in [-0.4, -0.2) is 69.0 Å². The quantitative estimate of drug-likeness (QED) is 0.267. The first kappa shape index (κ1) is 22.6. The maximum atomic E-state index is 5.91. The summed E-state index contributed by atoms with van der Waals surface area (Å²) in [6.07, 6.45) is 4.38. The zero-order chi connectivity index (χ0) is 17.2. The third kappa shape index (κ3) is 8.19. The lowest BCUT2D eigenvalue weighted by molar-refractivity contribution is 0.00992. The van der Waals surface area contributed by atoms with Gasteiger partial charge in [0.1, 0.15) is 0 Å². The zero-order valence-electron chi connectivity index (χ0n) is 15.5. The van der Waals surface area contributed by atoms with Gasteiger partial charge in [0, 0.05) is 58.8 Å². The second-order valence-corrected chi connectivity index (χ2v) is 7.05. The normalized spacial score (nSPS) is 16.0. The molecule has 0 aliphatic carbocycles. The summed E-state index contributed by atoms with van der Waals surface area (Å²) in [6.45, 7) is 6.45. The van der Waals surface area contributed by atoms with Crippen LogP contribution in [0.5, 0.6) is 0 Å². The first-order valence-corrected chi connectivity index (χ1v) is 9.58. The van der Waals surface area contributed by atoms with E-state index in [4.69, 9.17) is 9.47 Å². The second-order valence-electron chi connectivity index (χ2n) is 5.99. The van der Waals surface area contributed by atoms with E-state index in [0.29, 0.717) is 6.10 Å². The predicted octanol–water partition coefficient (Wildman–Crippen LogP) is 2.70. The summed E-state index contributed by atoms with van der Waals surface area (Å²) in [4.78, 5) is 11.2. The van der Waals surface area contributed by atoms with Crippen molar-refractivity contribution in [3.05, 3.63) is 16.1 Å². The second kappa shape index (κ2) is 12.8. The summed E-state index contributed by atoms with van der Waals surface area (Å²) in [6, 6.07) is 0. The van der Waals surface area contributed by atoms with Crippen molar-refractivity contribution in [2.75, 3.05) is 47.0 Å². The smallest absolute Gasteiger partial charge is 0.193 e. The zero-order valence-corrected chi connectivity index (χ0v) is 18.6.